The molecule has 0 spiro atoms. The number of furan rings is 1. The zero-order chi connectivity index (χ0) is 23.7. The molecule has 1 atom stereocenters. The zero-order valence-electron chi connectivity index (χ0n) is 18.9. The Kier molecular flexibility index (Phi) is 6.02. The largest absolute Gasteiger partial charge is 0.457 e. The summed E-state index contributed by atoms with van der Waals surface area (Å²) >= 11 is 0. The summed E-state index contributed by atoms with van der Waals surface area (Å²) in [5.74, 6) is 0.260. The van der Waals surface area contributed by atoms with Gasteiger partial charge >= 0.3 is 0 Å². The highest BCUT2D eigenvalue weighted by molar-refractivity contribution is 6.34. The second kappa shape index (κ2) is 9.27. The number of hydrogen-bond acceptors (Lipinski definition) is 4. The van der Waals surface area contributed by atoms with E-state index in [1.165, 1.54) is 25.0 Å². The number of piperidine rings is 1. The Morgan fingerprint density at radius 2 is 2.09 bits per heavy atom. The topological polar surface area (TPSA) is 74.6 Å². The first-order valence-electron chi connectivity index (χ1n) is 11.5. The first kappa shape index (κ1) is 22.1. The number of likely N-dealkylation sites (N-methyl/N-ethyl adjacent to an activating group) is 1. The van der Waals surface area contributed by atoms with Gasteiger partial charge in [-0.2, -0.15) is 0 Å². The molecule has 0 bridgehead atoms. The Hall–Kier alpha value is -3.71. The molecule has 0 radical (unpaired) electrons. The highest BCUT2D eigenvalue weighted by Gasteiger charge is 2.25. The maximum absolute atomic E-state index is 13.5. The number of likely N-dealkylation sites (tertiary alicyclic amines) is 1. The van der Waals surface area contributed by atoms with Crippen LogP contribution in [0.4, 0.5) is 10.1 Å². The number of rotatable bonds is 5. The Bertz CT molecular complexity index is 1280. The summed E-state index contributed by atoms with van der Waals surface area (Å²) < 4.78 is 19.4. The van der Waals surface area contributed by atoms with Crippen LogP contribution in [0.5, 0.6) is 0 Å². The van der Waals surface area contributed by atoms with Crippen molar-refractivity contribution in [1.82, 2.24) is 10.2 Å². The van der Waals surface area contributed by atoms with Crippen LogP contribution in [0.3, 0.4) is 0 Å². The van der Waals surface area contributed by atoms with Gasteiger partial charge in [-0.3, -0.25) is 9.59 Å². The number of hydrogen-bond donors (Lipinski definition) is 2. The van der Waals surface area contributed by atoms with Gasteiger partial charge in [-0.15, -0.1) is 0 Å². The summed E-state index contributed by atoms with van der Waals surface area (Å²) in [5.41, 5.74) is 2.83. The third kappa shape index (κ3) is 4.52. The van der Waals surface area contributed by atoms with Crippen LogP contribution in [-0.2, 0) is 4.79 Å². The molecule has 7 heteroatoms. The van der Waals surface area contributed by atoms with Crippen molar-refractivity contribution in [2.24, 2.45) is 0 Å². The number of halogens is 1. The van der Waals surface area contributed by atoms with Crippen molar-refractivity contribution in [3.05, 3.63) is 77.3 Å². The summed E-state index contributed by atoms with van der Waals surface area (Å²) in [6.45, 7) is 1.70. The monoisotopic (exact) mass is 459 g/mol. The fraction of sp³-hybridized carbons (Fsp3) is 0.259. The van der Waals surface area contributed by atoms with Gasteiger partial charge in [0, 0.05) is 29.3 Å². The Morgan fingerprint density at radius 1 is 1.21 bits per heavy atom. The van der Waals surface area contributed by atoms with Gasteiger partial charge in [0.25, 0.3) is 11.8 Å². The van der Waals surface area contributed by atoms with Crippen LogP contribution in [0.2, 0.25) is 0 Å². The Morgan fingerprint density at radius 3 is 2.94 bits per heavy atom. The molecular formula is C27H26FN3O3. The number of fused-ring (bicyclic) bond motifs is 1. The van der Waals surface area contributed by atoms with Crippen LogP contribution in [0.15, 0.2) is 59.0 Å². The van der Waals surface area contributed by atoms with Gasteiger partial charge < -0.3 is 20.0 Å². The summed E-state index contributed by atoms with van der Waals surface area (Å²) in [5, 5.41) is 5.73. The lowest BCUT2D eigenvalue weighted by Gasteiger charge is -2.32. The zero-order valence-corrected chi connectivity index (χ0v) is 18.9. The predicted octanol–water partition coefficient (Wildman–Crippen LogP) is 4.79. The Balaban J connectivity index is 1.31. The van der Waals surface area contributed by atoms with Crippen LogP contribution in [0.25, 0.3) is 23.0 Å². The van der Waals surface area contributed by atoms with E-state index in [-0.39, 0.29) is 11.8 Å². The van der Waals surface area contributed by atoms with Gasteiger partial charge in [0.1, 0.15) is 17.3 Å². The van der Waals surface area contributed by atoms with E-state index in [2.05, 4.69) is 22.6 Å². The molecule has 5 rings (SSSR count). The SMILES string of the molecule is CN1CCCCC1CNC(=O)c1cccc(-c2ccc(/C=C3/C(=O)Nc4cc(F)ccc43)o2)c1. The van der Waals surface area contributed by atoms with Gasteiger partial charge in [0.05, 0.1) is 11.3 Å². The first-order valence-corrected chi connectivity index (χ1v) is 11.5. The molecule has 34 heavy (non-hydrogen) atoms. The maximum atomic E-state index is 13.5. The number of amides is 2. The number of benzene rings is 2. The van der Waals surface area contributed by atoms with E-state index in [1.807, 2.05) is 12.1 Å². The van der Waals surface area contributed by atoms with Crippen molar-refractivity contribution in [2.75, 3.05) is 25.5 Å². The molecule has 2 amide bonds. The molecule has 1 aromatic heterocycles. The summed E-state index contributed by atoms with van der Waals surface area (Å²) in [4.78, 5) is 27.4. The van der Waals surface area contributed by atoms with E-state index in [0.29, 0.717) is 46.5 Å². The summed E-state index contributed by atoms with van der Waals surface area (Å²) in [6, 6.07) is 15.4. The molecule has 6 nitrogen and oxygen atoms in total. The van der Waals surface area contributed by atoms with Gasteiger partial charge in [0.15, 0.2) is 0 Å². The standard InChI is InChI=1S/C27H26FN3O3/c1-31-12-3-2-7-20(31)16-29-26(32)18-6-4-5-17(13-18)25-11-9-21(34-25)15-23-22-10-8-19(28)14-24(22)30-27(23)33/h4-6,8-11,13-15,20H,2-3,7,12,16H2,1H3,(H,29,32)(H,30,33)/b23-15+. The van der Waals surface area contributed by atoms with E-state index in [9.17, 15) is 14.0 Å². The predicted molar refractivity (Wildman–Crippen MR) is 130 cm³/mol. The van der Waals surface area contributed by atoms with Gasteiger partial charge in [-0.05, 0) is 75.0 Å². The van der Waals surface area contributed by atoms with E-state index < -0.39 is 5.82 Å². The highest BCUT2D eigenvalue weighted by Crippen LogP contribution is 2.34. The van der Waals surface area contributed by atoms with Crippen molar-refractivity contribution in [2.45, 2.75) is 25.3 Å². The van der Waals surface area contributed by atoms with Crippen LogP contribution in [0.1, 0.15) is 40.9 Å². The molecule has 2 aliphatic heterocycles. The third-order valence-electron chi connectivity index (χ3n) is 6.51. The molecule has 1 saturated heterocycles. The van der Waals surface area contributed by atoms with Crippen molar-refractivity contribution in [1.29, 1.82) is 0 Å². The number of carbonyl (C=O) groups is 2. The van der Waals surface area contributed by atoms with Gasteiger partial charge in [-0.1, -0.05) is 18.6 Å². The van der Waals surface area contributed by atoms with Gasteiger partial charge in [0.2, 0.25) is 0 Å². The Labute approximate surface area is 197 Å². The fourth-order valence-electron chi connectivity index (χ4n) is 4.57. The molecule has 2 aromatic carbocycles. The molecule has 3 aromatic rings. The second-order valence-corrected chi connectivity index (χ2v) is 8.83. The van der Waals surface area contributed by atoms with Crippen LogP contribution >= 0.6 is 0 Å². The van der Waals surface area contributed by atoms with E-state index in [4.69, 9.17) is 4.42 Å². The molecule has 0 aliphatic carbocycles. The molecule has 2 aliphatic rings. The minimum absolute atomic E-state index is 0.110. The fourth-order valence-corrected chi connectivity index (χ4v) is 4.57. The number of anilines is 1. The van der Waals surface area contributed by atoms with Crippen molar-refractivity contribution >= 4 is 29.2 Å². The summed E-state index contributed by atoms with van der Waals surface area (Å²) in [6.07, 6.45) is 5.14. The molecule has 2 N–H and O–H groups in total. The highest BCUT2D eigenvalue weighted by atomic mass is 19.1. The van der Waals surface area contributed by atoms with E-state index in [1.54, 1.807) is 36.4 Å². The maximum Gasteiger partial charge on any atom is 0.256 e. The number of nitrogens with one attached hydrogen (secondary N) is 2. The minimum Gasteiger partial charge on any atom is -0.457 e. The second-order valence-electron chi connectivity index (χ2n) is 8.83. The first-order chi connectivity index (χ1) is 16.5. The molecule has 0 saturated carbocycles. The lowest BCUT2D eigenvalue weighted by atomic mass is 10.0. The van der Waals surface area contributed by atoms with Crippen molar-refractivity contribution in [3.8, 4) is 11.3 Å². The van der Waals surface area contributed by atoms with Crippen molar-refractivity contribution in [3.63, 3.8) is 0 Å². The molecule has 1 unspecified atom stereocenters. The van der Waals surface area contributed by atoms with Crippen molar-refractivity contribution < 1.29 is 18.4 Å². The number of nitrogens with zero attached hydrogens (tertiary/aromatic N) is 1. The van der Waals surface area contributed by atoms with Crippen LogP contribution in [0, 0.1) is 5.82 Å². The lowest BCUT2D eigenvalue weighted by molar-refractivity contribution is -0.110. The van der Waals surface area contributed by atoms with Crippen LogP contribution in [-0.4, -0.2) is 42.9 Å². The minimum atomic E-state index is -0.407. The van der Waals surface area contributed by atoms with E-state index >= 15 is 0 Å². The van der Waals surface area contributed by atoms with Gasteiger partial charge in [-0.25, -0.2) is 4.39 Å². The van der Waals surface area contributed by atoms with E-state index in [0.717, 1.165) is 18.5 Å². The molecule has 1 fully saturated rings. The third-order valence-corrected chi connectivity index (χ3v) is 6.51. The lowest BCUT2D eigenvalue weighted by Crippen LogP contribution is -2.44. The quantitative estimate of drug-likeness (QED) is 0.538. The average molecular weight is 460 g/mol. The smallest absolute Gasteiger partial charge is 0.256 e. The number of carbonyl (C=O) groups excluding carboxylic acids is 2. The molecule has 3 heterocycles. The molecule has 174 valence electrons. The average Bonchev–Trinajstić information content (AvgIpc) is 3.43. The normalized spacial score (nSPS) is 19.2. The van der Waals surface area contributed by atoms with Crippen LogP contribution < -0.4 is 10.6 Å². The molecular weight excluding hydrogens is 433 g/mol. The summed E-state index contributed by atoms with van der Waals surface area (Å²) in [7, 11) is 2.10.